The summed E-state index contributed by atoms with van der Waals surface area (Å²) in [5, 5.41) is 2.76. The number of carbonyl (C=O) groups excluding carboxylic acids is 1. The van der Waals surface area contributed by atoms with Gasteiger partial charge >= 0.3 is 0 Å². The molecule has 0 aromatic heterocycles. The Kier molecular flexibility index (Phi) is 6.92. The van der Waals surface area contributed by atoms with E-state index in [1.165, 1.54) is 18.2 Å². The van der Waals surface area contributed by atoms with E-state index in [9.17, 15) is 13.2 Å². The van der Waals surface area contributed by atoms with Crippen LogP contribution in [0.5, 0.6) is 0 Å². The SMILES string of the molecule is C#CCNS(=O)(=O)c1cccc(C(=O)NCC(OC)c2ccccc2)c1. The molecule has 0 aliphatic carbocycles. The molecule has 1 unspecified atom stereocenters. The van der Waals surface area contributed by atoms with Crippen molar-refractivity contribution in [2.45, 2.75) is 11.0 Å². The molecule has 0 bridgehead atoms. The zero-order chi connectivity index (χ0) is 19.0. The topological polar surface area (TPSA) is 84.5 Å². The van der Waals surface area contributed by atoms with Crippen molar-refractivity contribution in [1.82, 2.24) is 10.0 Å². The van der Waals surface area contributed by atoms with Crippen molar-refractivity contribution >= 4 is 15.9 Å². The van der Waals surface area contributed by atoms with Crippen LogP contribution in [0, 0.1) is 12.3 Å². The van der Waals surface area contributed by atoms with Crippen molar-refractivity contribution in [2.24, 2.45) is 0 Å². The molecule has 0 heterocycles. The van der Waals surface area contributed by atoms with Crippen LogP contribution in [0.4, 0.5) is 0 Å². The van der Waals surface area contributed by atoms with E-state index in [1.54, 1.807) is 13.2 Å². The van der Waals surface area contributed by atoms with Crippen LogP contribution in [0.25, 0.3) is 0 Å². The monoisotopic (exact) mass is 372 g/mol. The molecule has 0 aliphatic heterocycles. The number of hydrogen-bond donors (Lipinski definition) is 2. The lowest BCUT2D eigenvalue weighted by Crippen LogP contribution is -2.29. The average molecular weight is 372 g/mol. The zero-order valence-electron chi connectivity index (χ0n) is 14.3. The van der Waals surface area contributed by atoms with Gasteiger partial charge in [0.15, 0.2) is 0 Å². The van der Waals surface area contributed by atoms with E-state index in [1.807, 2.05) is 30.3 Å². The van der Waals surface area contributed by atoms with E-state index in [4.69, 9.17) is 11.2 Å². The first-order chi connectivity index (χ1) is 12.5. The quantitative estimate of drug-likeness (QED) is 0.691. The number of sulfonamides is 1. The van der Waals surface area contributed by atoms with Crippen LogP contribution in [0.2, 0.25) is 0 Å². The molecule has 0 fully saturated rings. The maximum Gasteiger partial charge on any atom is 0.251 e. The minimum Gasteiger partial charge on any atom is -0.375 e. The van der Waals surface area contributed by atoms with Gasteiger partial charge in [-0.3, -0.25) is 4.79 Å². The lowest BCUT2D eigenvalue weighted by Gasteiger charge is -2.16. The van der Waals surface area contributed by atoms with Gasteiger partial charge in [-0.2, -0.15) is 4.72 Å². The van der Waals surface area contributed by atoms with Gasteiger partial charge in [0.05, 0.1) is 17.5 Å². The van der Waals surface area contributed by atoms with E-state index in [0.29, 0.717) is 0 Å². The third-order valence-electron chi connectivity index (χ3n) is 3.67. The summed E-state index contributed by atoms with van der Waals surface area (Å²) >= 11 is 0. The smallest absolute Gasteiger partial charge is 0.251 e. The number of methoxy groups -OCH3 is 1. The molecule has 0 aliphatic rings. The highest BCUT2D eigenvalue weighted by atomic mass is 32.2. The Labute approximate surface area is 153 Å². The van der Waals surface area contributed by atoms with Crippen LogP contribution in [0.1, 0.15) is 22.0 Å². The molecule has 7 heteroatoms. The highest BCUT2D eigenvalue weighted by Crippen LogP contribution is 2.16. The van der Waals surface area contributed by atoms with Crippen LogP contribution in [0.15, 0.2) is 59.5 Å². The van der Waals surface area contributed by atoms with Crippen molar-refractivity contribution in [3.8, 4) is 12.3 Å². The van der Waals surface area contributed by atoms with Crippen molar-refractivity contribution < 1.29 is 17.9 Å². The molecule has 2 aromatic carbocycles. The number of amides is 1. The Morgan fingerprint density at radius 1 is 1.19 bits per heavy atom. The average Bonchev–Trinajstić information content (AvgIpc) is 2.67. The van der Waals surface area contributed by atoms with Crippen molar-refractivity contribution in [3.63, 3.8) is 0 Å². The van der Waals surface area contributed by atoms with E-state index < -0.39 is 15.9 Å². The Hall–Kier alpha value is -2.66. The standard InChI is InChI=1S/C19H20N2O4S/c1-3-12-21-26(23,24)17-11-7-10-16(13-17)19(22)20-14-18(25-2)15-8-5-4-6-9-15/h1,4-11,13,18,21H,12,14H2,2H3,(H,20,22). The second kappa shape index (κ2) is 9.15. The molecule has 136 valence electrons. The maximum atomic E-state index is 12.4. The summed E-state index contributed by atoms with van der Waals surface area (Å²) in [6, 6.07) is 15.2. The van der Waals surface area contributed by atoms with E-state index >= 15 is 0 Å². The number of ether oxygens (including phenoxy) is 1. The maximum absolute atomic E-state index is 12.4. The summed E-state index contributed by atoms with van der Waals surface area (Å²) in [7, 11) is -2.19. The Morgan fingerprint density at radius 3 is 2.58 bits per heavy atom. The second-order valence-electron chi connectivity index (χ2n) is 5.40. The van der Waals surface area contributed by atoms with Crippen molar-refractivity contribution in [2.75, 3.05) is 20.2 Å². The molecule has 2 rings (SSSR count). The third-order valence-corrected chi connectivity index (χ3v) is 5.07. The lowest BCUT2D eigenvalue weighted by atomic mass is 10.1. The summed E-state index contributed by atoms with van der Waals surface area (Å²) in [5.41, 5.74) is 1.17. The Morgan fingerprint density at radius 2 is 1.92 bits per heavy atom. The first kappa shape index (κ1) is 19.7. The van der Waals surface area contributed by atoms with Crippen LogP contribution < -0.4 is 10.0 Å². The predicted octanol–water partition coefficient (Wildman–Crippen LogP) is 1.72. The minimum atomic E-state index is -3.75. The van der Waals surface area contributed by atoms with Crippen LogP contribution in [-0.4, -0.2) is 34.5 Å². The fraction of sp³-hybridized carbons (Fsp3) is 0.211. The molecule has 2 N–H and O–H groups in total. The molecule has 0 spiro atoms. The summed E-state index contributed by atoms with van der Waals surface area (Å²) in [4.78, 5) is 12.4. The van der Waals surface area contributed by atoms with Crippen molar-refractivity contribution in [1.29, 1.82) is 0 Å². The van der Waals surface area contributed by atoms with Crippen molar-refractivity contribution in [3.05, 3.63) is 65.7 Å². The second-order valence-corrected chi connectivity index (χ2v) is 7.17. The molecule has 0 radical (unpaired) electrons. The number of terminal acetylenes is 1. The van der Waals surface area contributed by atoms with E-state index in [2.05, 4.69) is 16.0 Å². The molecular weight excluding hydrogens is 352 g/mol. The minimum absolute atomic E-state index is 0.0215. The molecule has 0 saturated carbocycles. The molecular formula is C19H20N2O4S. The zero-order valence-corrected chi connectivity index (χ0v) is 15.1. The van der Waals surface area contributed by atoms with Gasteiger partial charge in [-0.25, -0.2) is 8.42 Å². The van der Waals surface area contributed by atoms with Gasteiger partial charge in [-0.1, -0.05) is 42.3 Å². The summed E-state index contributed by atoms with van der Waals surface area (Å²) < 4.78 is 31.9. The fourth-order valence-electron chi connectivity index (χ4n) is 2.32. The van der Waals surface area contributed by atoms with Crippen LogP contribution >= 0.6 is 0 Å². The van der Waals surface area contributed by atoms with Gasteiger partial charge in [0.25, 0.3) is 5.91 Å². The van der Waals surface area contributed by atoms with Gasteiger partial charge in [-0.05, 0) is 23.8 Å². The van der Waals surface area contributed by atoms with Gasteiger partial charge < -0.3 is 10.1 Å². The summed E-state index contributed by atoms with van der Waals surface area (Å²) in [6.45, 7) is 0.136. The van der Waals surface area contributed by atoms with Gasteiger partial charge in [0.2, 0.25) is 10.0 Å². The number of rotatable bonds is 8. The molecule has 0 saturated heterocycles. The summed E-state index contributed by atoms with van der Waals surface area (Å²) in [5.74, 6) is 1.81. The summed E-state index contributed by atoms with van der Waals surface area (Å²) in [6.07, 6.45) is 4.77. The number of hydrogen-bond acceptors (Lipinski definition) is 4. The predicted molar refractivity (Wildman–Crippen MR) is 99.0 cm³/mol. The molecule has 2 aromatic rings. The Bertz CT molecular complexity index is 889. The van der Waals surface area contributed by atoms with Gasteiger partial charge in [-0.15, -0.1) is 6.42 Å². The molecule has 1 amide bonds. The van der Waals surface area contributed by atoms with E-state index in [0.717, 1.165) is 5.56 Å². The molecule has 6 nitrogen and oxygen atoms in total. The highest BCUT2D eigenvalue weighted by molar-refractivity contribution is 7.89. The number of nitrogens with one attached hydrogen (secondary N) is 2. The van der Waals surface area contributed by atoms with Gasteiger partial charge in [0.1, 0.15) is 0 Å². The highest BCUT2D eigenvalue weighted by Gasteiger charge is 2.17. The largest absolute Gasteiger partial charge is 0.375 e. The number of carbonyl (C=O) groups is 1. The third kappa shape index (κ3) is 5.17. The van der Waals surface area contributed by atoms with Crippen LogP contribution in [-0.2, 0) is 14.8 Å². The normalized spacial score (nSPS) is 12.2. The van der Waals surface area contributed by atoms with Gasteiger partial charge in [0, 0.05) is 19.2 Å². The lowest BCUT2D eigenvalue weighted by molar-refractivity contribution is 0.0828. The Balaban J connectivity index is 2.08. The van der Waals surface area contributed by atoms with Crippen LogP contribution in [0.3, 0.4) is 0 Å². The first-order valence-electron chi connectivity index (χ1n) is 7.87. The number of benzene rings is 2. The first-order valence-corrected chi connectivity index (χ1v) is 9.35. The molecule has 26 heavy (non-hydrogen) atoms. The fourth-order valence-corrected chi connectivity index (χ4v) is 3.30. The molecule has 1 atom stereocenters. The van der Waals surface area contributed by atoms with E-state index in [-0.39, 0.29) is 29.7 Å².